The zero-order valence-electron chi connectivity index (χ0n) is 10.0. The van der Waals surface area contributed by atoms with Crippen molar-refractivity contribution in [2.45, 2.75) is 12.5 Å². The summed E-state index contributed by atoms with van der Waals surface area (Å²) >= 11 is 11.8. The molecule has 1 heterocycles. The molecule has 1 atom stereocenters. The van der Waals surface area contributed by atoms with Gasteiger partial charge < -0.3 is 10.6 Å². The summed E-state index contributed by atoms with van der Waals surface area (Å²) < 4.78 is 22.3. The molecule has 1 aliphatic rings. The van der Waals surface area contributed by atoms with Gasteiger partial charge in [0.25, 0.3) is 0 Å². The highest BCUT2D eigenvalue weighted by molar-refractivity contribution is 7.90. The lowest BCUT2D eigenvalue weighted by atomic mass is 10.1. The first-order valence-corrected chi connectivity index (χ1v) is 8.32. The van der Waals surface area contributed by atoms with Gasteiger partial charge in [0.1, 0.15) is 15.9 Å². The predicted octanol–water partition coefficient (Wildman–Crippen LogP) is 2.16. The molecule has 0 radical (unpaired) electrons. The molecule has 0 aliphatic carbocycles. The third kappa shape index (κ3) is 3.52. The van der Waals surface area contributed by atoms with Crippen LogP contribution in [0.15, 0.2) is 12.1 Å². The first-order valence-electron chi connectivity index (χ1n) is 5.50. The molecule has 104 valence electrons. The minimum absolute atomic E-state index is 0.0608. The van der Waals surface area contributed by atoms with Crippen molar-refractivity contribution in [1.29, 1.82) is 0 Å². The van der Waals surface area contributed by atoms with Crippen LogP contribution in [0.5, 0.6) is 0 Å². The fourth-order valence-electron chi connectivity index (χ4n) is 1.78. The van der Waals surface area contributed by atoms with Gasteiger partial charge >= 0.3 is 0 Å². The van der Waals surface area contributed by atoms with Crippen LogP contribution in [0.2, 0.25) is 10.0 Å². The molecule has 0 saturated carbocycles. The molecular formula is C11H12Cl2N2O3S. The Bertz CT molecular complexity index is 631. The number of sulfone groups is 1. The van der Waals surface area contributed by atoms with E-state index >= 15 is 0 Å². The van der Waals surface area contributed by atoms with Gasteiger partial charge in [-0.25, -0.2) is 8.42 Å². The van der Waals surface area contributed by atoms with Crippen molar-refractivity contribution in [1.82, 2.24) is 0 Å². The molecule has 1 aromatic carbocycles. The van der Waals surface area contributed by atoms with Gasteiger partial charge in [-0.05, 0) is 18.6 Å². The Balaban J connectivity index is 2.19. The SMILES string of the molecule is CS(=O)(=O)CCC1Nc2cc(Cl)c(Cl)cc2NC1=O. The maximum absolute atomic E-state index is 11.8. The van der Waals surface area contributed by atoms with E-state index in [9.17, 15) is 13.2 Å². The Hall–Kier alpha value is -0.980. The summed E-state index contributed by atoms with van der Waals surface area (Å²) in [5, 5.41) is 6.35. The Morgan fingerprint density at radius 1 is 1.21 bits per heavy atom. The maximum atomic E-state index is 11.8. The monoisotopic (exact) mass is 322 g/mol. The van der Waals surface area contributed by atoms with Gasteiger partial charge in [-0.3, -0.25) is 4.79 Å². The van der Waals surface area contributed by atoms with Crippen LogP contribution in [-0.2, 0) is 14.6 Å². The van der Waals surface area contributed by atoms with Crippen LogP contribution >= 0.6 is 23.2 Å². The molecule has 1 amide bonds. The van der Waals surface area contributed by atoms with Gasteiger partial charge in [0, 0.05) is 6.26 Å². The number of anilines is 2. The normalized spacial score (nSPS) is 18.5. The number of fused-ring (bicyclic) bond motifs is 1. The van der Waals surface area contributed by atoms with Crippen molar-refractivity contribution in [3.05, 3.63) is 22.2 Å². The fraction of sp³-hybridized carbons (Fsp3) is 0.364. The van der Waals surface area contributed by atoms with E-state index in [1.165, 1.54) is 0 Å². The zero-order valence-corrected chi connectivity index (χ0v) is 12.4. The van der Waals surface area contributed by atoms with Crippen molar-refractivity contribution >= 4 is 50.3 Å². The standard InChI is InChI=1S/C11H12Cl2N2O3S/c1-19(17,18)3-2-8-11(16)15-10-5-7(13)6(12)4-9(10)14-8/h4-5,8,14H,2-3H2,1H3,(H,15,16). The number of hydrogen-bond donors (Lipinski definition) is 2. The highest BCUT2D eigenvalue weighted by atomic mass is 35.5. The second-order valence-corrected chi connectivity index (χ2v) is 7.49. The molecule has 0 spiro atoms. The summed E-state index contributed by atoms with van der Waals surface area (Å²) in [5.41, 5.74) is 1.17. The molecule has 8 heteroatoms. The van der Waals surface area contributed by atoms with E-state index in [2.05, 4.69) is 10.6 Å². The number of amides is 1. The van der Waals surface area contributed by atoms with Crippen LogP contribution < -0.4 is 10.6 Å². The van der Waals surface area contributed by atoms with Crippen molar-refractivity contribution in [3.63, 3.8) is 0 Å². The Morgan fingerprint density at radius 2 is 1.79 bits per heavy atom. The molecule has 0 fully saturated rings. The summed E-state index contributed by atoms with van der Waals surface area (Å²) in [5.74, 6) is -0.344. The van der Waals surface area contributed by atoms with Gasteiger partial charge in [-0.15, -0.1) is 0 Å². The molecule has 19 heavy (non-hydrogen) atoms. The minimum Gasteiger partial charge on any atom is -0.372 e. The van der Waals surface area contributed by atoms with Gasteiger partial charge in [-0.2, -0.15) is 0 Å². The Kier molecular flexibility index (Phi) is 3.94. The molecule has 1 aliphatic heterocycles. The first-order chi connectivity index (χ1) is 8.76. The van der Waals surface area contributed by atoms with Gasteiger partial charge in [0.15, 0.2) is 0 Å². The van der Waals surface area contributed by atoms with Crippen molar-refractivity contribution < 1.29 is 13.2 Å². The van der Waals surface area contributed by atoms with Crippen LogP contribution in [0.4, 0.5) is 11.4 Å². The summed E-state index contributed by atoms with van der Waals surface area (Å²) in [6.45, 7) is 0. The molecule has 0 bridgehead atoms. The van der Waals surface area contributed by atoms with Crippen molar-refractivity contribution in [2.75, 3.05) is 22.6 Å². The molecule has 5 nitrogen and oxygen atoms in total. The van der Waals surface area contributed by atoms with E-state index in [0.29, 0.717) is 21.4 Å². The molecular weight excluding hydrogens is 311 g/mol. The molecule has 1 aromatic rings. The van der Waals surface area contributed by atoms with E-state index in [1.807, 2.05) is 0 Å². The number of hydrogen-bond acceptors (Lipinski definition) is 4. The van der Waals surface area contributed by atoms with Crippen LogP contribution in [0.1, 0.15) is 6.42 Å². The lowest BCUT2D eigenvalue weighted by Crippen LogP contribution is -2.40. The number of nitrogens with one attached hydrogen (secondary N) is 2. The van der Waals surface area contributed by atoms with Crippen molar-refractivity contribution in [3.8, 4) is 0 Å². The molecule has 2 N–H and O–H groups in total. The highest BCUT2D eigenvalue weighted by Gasteiger charge is 2.26. The average Bonchev–Trinajstić information content (AvgIpc) is 2.28. The quantitative estimate of drug-likeness (QED) is 0.894. The first kappa shape index (κ1) is 14.4. The third-order valence-corrected chi connectivity index (χ3v) is 4.44. The molecule has 2 rings (SSSR count). The fourth-order valence-corrected chi connectivity index (χ4v) is 2.77. The van der Waals surface area contributed by atoms with Gasteiger partial charge in [0.05, 0.1) is 27.2 Å². The van der Waals surface area contributed by atoms with Gasteiger partial charge in [0.2, 0.25) is 5.91 Å². The average molecular weight is 323 g/mol. The number of carbonyl (C=O) groups excluding carboxylic acids is 1. The Labute approximate surface area is 121 Å². The second-order valence-electron chi connectivity index (χ2n) is 4.42. The molecule has 0 saturated heterocycles. The largest absolute Gasteiger partial charge is 0.372 e. The van der Waals surface area contributed by atoms with E-state index in [-0.39, 0.29) is 18.1 Å². The van der Waals surface area contributed by atoms with E-state index in [0.717, 1.165) is 6.26 Å². The van der Waals surface area contributed by atoms with Crippen LogP contribution in [0.25, 0.3) is 0 Å². The van der Waals surface area contributed by atoms with E-state index in [4.69, 9.17) is 23.2 Å². The summed E-state index contributed by atoms with van der Waals surface area (Å²) in [6, 6.07) is 2.56. The number of halogens is 2. The number of benzene rings is 1. The number of carbonyl (C=O) groups is 1. The lowest BCUT2D eigenvalue weighted by molar-refractivity contribution is -0.117. The third-order valence-electron chi connectivity index (χ3n) is 2.74. The zero-order chi connectivity index (χ0) is 14.2. The topological polar surface area (TPSA) is 75.3 Å². The predicted molar refractivity (Wildman–Crippen MR) is 76.8 cm³/mol. The van der Waals surface area contributed by atoms with Crippen LogP contribution in [-0.4, -0.2) is 32.4 Å². The summed E-state index contributed by atoms with van der Waals surface area (Å²) in [6.07, 6.45) is 1.34. The van der Waals surface area contributed by atoms with Crippen LogP contribution in [0.3, 0.4) is 0 Å². The molecule has 0 aromatic heterocycles. The molecule has 1 unspecified atom stereocenters. The van der Waals surface area contributed by atoms with Crippen LogP contribution in [0, 0.1) is 0 Å². The number of rotatable bonds is 3. The van der Waals surface area contributed by atoms with Gasteiger partial charge in [-0.1, -0.05) is 23.2 Å². The minimum atomic E-state index is -3.11. The second kappa shape index (κ2) is 5.19. The Morgan fingerprint density at radius 3 is 2.37 bits per heavy atom. The van der Waals surface area contributed by atoms with Crippen molar-refractivity contribution in [2.24, 2.45) is 0 Å². The smallest absolute Gasteiger partial charge is 0.246 e. The van der Waals surface area contributed by atoms with E-state index < -0.39 is 15.9 Å². The lowest BCUT2D eigenvalue weighted by Gasteiger charge is -2.27. The summed E-state index contributed by atoms with van der Waals surface area (Å²) in [7, 11) is -3.11. The summed E-state index contributed by atoms with van der Waals surface area (Å²) in [4.78, 5) is 11.8. The maximum Gasteiger partial charge on any atom is 0.246 e. The van der Waals surface area contributed by atoms with E-state index in [1.54, 1.807) is 12.1 Å². The highest BCUT2D eigenvalue weighted by Crippen LogP contribution is 2.35.